The molecule has 1 heterocycles. The van der Waals surface area contributed by atoms with E-state index in [0.29, 0.717) is 30.0 Å². The Morgan fingerprint density at radius 1 is 1.14 bits per heavy atom. The van der Waals surface area contributed by atoms with Crippen molar-refractivity contribution in [2.24, 2.45) is 0 Å². The van der Waals surface area contributed by atoms with Crippen molar-refractivity contribution in [3.8, 4) is 5.75 Å². The van der Waals surface area contributed by atoms with Gasteiger partial charge in [0.05, 0.1) is 19.2 Å². The van der Waals surface area contributed by atoms with E-state index >= 15 is 0 Å². The standard InChI is InChI=1S/C18H17NO3/c1-22-17-9-5-2-6-13(17)12-18(21)19-11-10-16(20)14-7-3-4-8-15(14)19/h2-9H,10-12H2,1H3. The predicted molar refractivity (Wildman–Crippen MR) is 84.4 cm³/mol. The van der Waals surface area contributed by atoms with Crippen LogP contribution < -0.4 is 9.64 Å². The smallest absolute Gasteiger partial charge is 0.231 e. The summed E-state index contributed by atoms with van der Waals surface area (Å²) in [6, 6.07) is 14.8. The van der Waals surface area contributed by atoms with Crippen LogP contribution in [0.3, 0.4) is 0 Å². The highest BCUT2D eigenvalue weighted by atomic mass is 16.5. The van der Waals surface area contributed by atoms with E-state index in [1.54, 1.807) is 18.1 Å². The molecule has 0 atom stereocenters. The van der Waals surface area contributed by atoms with E-state index < -0.39 is 0 Å². The lowest BCUT2D eigenvalue weighted by Crippen LogP contribution is -2.38. The molecule has 112 valence electrons. The number of para-hydroxylation sites is 2. The van der Waals surface area contributed by atoms with Crippen LogP contribution in [0.2, 0.25) is 0 Å². The Morgan fingerprint density at radius 3 is 2.68 bits per heavy atom. The second kappa shape index (κ2) is 6.02. The molecule has 3 rings (SSSR count). The molecule has 2 aromatic carbocycles. The number of rotatable bonds is 3. The largest absolute Gasteiger partial charge is 0.496 e. The van der Waals surface area contributed by atoms with Crippen molar-refractivity contribution in [2.75, 3.05) is 18.6 Å². The van der Waals surface area contributed by atoms with E-state index in [4.69, 9.17) is 4.74 Å². The first kappa shape index (κ1) is 14.3. The Bertz CT molecular complexity index is 724. The average molecular weight is 295 g/mol. The van der Waals surface area contributed by atoms with Gasteiger partial charge in [0.2, 0.25) is 5.91 Å². The molecule has 0 bridgehead atoms. The first-order valence-corrected chi connectivity index (χ1v) is 7.25. The highest BCUT2D eigenvalue weighted by Crippen LogP contribution is 2.28. The lowest BCUT2D eigenvalue weighted by Gasteiger charge is -2.28. The van der Waals surface area contributed by atoms with Gasteiger partial charge >= 0.3 is 0 Å². The predicted octanol–water partition coefficient (Wildman–Crippen LogP) is 2.86. The zero-order chi connectivity index (χ0) is 15.5. The molecule has 1 aliphatic heterocycles. The molecule has 1 aliphatic rings. The Kier molecular flexibility index (Phi) is 3.92. The highest BCUT2D eigenvalue weighted by molar-refractivity contribution is 6.09. The minimum absolute atomic E-state index is 0.0237. The number of methoxy groups -OCH3 is 1. The summed E-state index contributed by atoms with van der Waals surface area (Å²) in [5.74, 6) is 0.776. The van der Waals surface area contributed by atoms with Crippen molar-refractivity contribution in [1.82, 2.24) is 0 Å². The summed E-state index contributed by atoms with van der Waals surface area (Å²) in [6.45, 7) is 0.434. The van der Waals surface area contributed by atoms with Crippen molar-refractivity contribution >= 4 is 17.4 Å². The molecule has 0 aromatic heterocycles. The summed E-state index contributed by atoms with van der Waals surface area (Å²) in [6.07, 6.45) is 0.626. The molecular weight excluding hydrogens is 278 g/mol. The molecule has 4 heteroatoms. The summed E-state index contributed by atoms with van der Waals surface area (Å²) in [4.78, 5) is 26.3. The van der Waals surface area contributed by atoms with Crippen LogP contribution in [0.1, 0.15) is 22.3 Å². The molecule has 1 amide bonds. The molecule has 0 saturated carbocycles. The van der Waals surface area contributed by atoms with Crippen LogP contribution in [-0.2, 0) is 11.2 Å². The maximum Gasteiger partial charge on any atom is 0.231 e. The number of Topliss-reactive ketones (excluding diaryl/α,β-unsaturated/α-hetero) is 1. The number of carbonyl (C=O) groups excluding carboxylic acids is 2. The van der Waals surface area contributed by atoms with E-state index in [1.807, 2.05) is 42.5 Å². The summed E-state index contributed by atoms with van der Waals surface area (Å²) >= 11 is 0. The monoisotopic (exact) mass is 295 g/mol. The second-order valence-corrected chi connectivity index (χ2v) is 5.22. The molecule has 0 spiro atoms. The van der Waals surface area contributed by atoms with Crippen molar-refractivity contribution < 1.29 is 14.3 Å². The molecule has 0 N–H and O–H groups in total. The Morgan fingerprint density at radius 2 is 1.86 bits per heavy atom. The van der Waals surface area contributed by atoms with Gasteiger partial charge in [0.1, 0.15) is 5.75 Å². The molecular formula is C18H17NO3. The number of hydrogen-bond acceptors (Lipinski definition) is 3. The number of anilines is 1. The number of ketones is 1. The van der Waals surface area contributed by atoms with Gasteiger partial charge in [0, 0.05) is 24.1 Å². The van der Waals surface area contributed by atoms with Gasteiger partial charge < -0.3 is 9.64 Å². The average Bonchev–Trinajstić information content (AvgIpc) is 2.56. The molecule has 4 nitrogen and oxygen atoms in total. The van der Waals surface area contributed by atoms with Crippen LogP contribution in [-0.4, -0.2) is 25.3 Å². The van der Waals surface area contributed by atoms with Crippen LogP contribution in [0.4, 0.5) is 5.69 Å². The third kappa shape index (κ3) is 2.60. The van der Waals surface area contributed by atoms with Crippen LogP contribution in [0, 0.1) is 0 Å². The maximum absolute atomic E-state index is 12.7. The topological polar surface area (TPSA) is 46.6 Å². The fourth-order valence-electron chi connectivity index (χ4n) is 2.78. The lowest BCUT2D eigenvalue weighted by molar-refractivity contribution is -0.118. The highest BCUT2D eigenvalue weighted by Gasteiger charge is 2.27. The fraction of sp³-hybridized carbons (Fsp3) is 0.222. The first-order chi connectivity index (χ1) is 10.7. The van der Waals surface area contributed by atoms with Gasteiger partial charge in [0.15, 0.2) is 5.78 Å². The van der Waals surface area contributed by atoms with E-state index in [0.717, 1.165) is 5.56 Å². The Balaban J connectivity index is 1.87. The van der Waals surface area contributed by atoms with Crippen molar-refractivity contribution in [1.29, 1.82) is 0 Å². The normalized spacial score (nSPS) is 13.7. The number of hydrogen-bond donors (Lipinski definition) is 0. The zero-order valence-electron chi connectivity index (χ0n) is 12.4. The third-order valence-corrected chi connectivity index (χ3v) is 3.89. The van der Waals surface area contributed by atoms with Gasteiger partial charge in [-0.25, -0.2) is 0 Å². The van der Waals surface area contributed by atoms with Gasteiger partial charge in [-0.15, -0.1) is 0 Å². The lowest BCUT2D eigenvalue weighted by atomic mass is 9.99. The SMILES string of the molecule is COc1ccccc1CC(=O)N1CCC(=O)c2ccccc21. The van der Waals surface area contributed by atoms with E-state index in [1.165, 1.54) is 0 Å². The molecule has 2 aromatic rings. The van der Waals surface area contributed by atoms with Gasteiger partial charge in [-0.05, 0) is 18.2 Å². The van der Waals surface area contributed by atoms with E-state index in [-0.39, 0.29) is 18.1 Å². The molecule has 0 saturated heterocycles. The minimum atomic E-state index is -0.0237. The van der Waals surface area contributed by atoms with Crippen molar-refractivity contribution in [3.63, 3.8) is 0 Å². The molecule has 0 unspecified atom stereocenters. The van der Waals surface area contributed by atoms with Crippen molar-refractivity contribution in [3.05, 3.63) is 59.7 Å². The summed E-state index contributed by atoms with van der Waals surface area (Å²) in [5.41, 5.74) is 2.19. The van der Waals surface area contributed by atoms with Gasteiger partial charge in [0.25, 0.3) is 0 Å². The van der Waals surface area contributed by atoms with Crippen LogP contribution in [0.5, 0.6) is 5.75 Å². The van der Waals surface area contributed by atoms with Crippen molar-refractivity contribution in [2.45, 2.75) is 12.8 Å². The quantitative estimate of drug-likeness (QED) is 0.874. The van der Waals surface area contributed by atoms with Crippen LogP contribution in [0.25, 0.3) is 0 Å². The number of fused-ring (bicyclic) bond motifs is 1. The second-order valence-electron chi connectivity index (χ2n) is 5.22. The summed E-state index contributed by atoms with van der Waals surface area (Å²) < 4.78 is 5.30. The van der Waals surface area contributed by atoms with Gasteiger partial charge in [-0.1, -0.05) is 30.3 Å². The van der Waals surface area contributed by atoms with E-state index in [2.05, 4.69) is 0 Å². The van der Waals surface area contributed by atoms with Gasteiger partial charge in [-0.2, -0.15) is 0 Å². The molecule has 22 heavy (non-hydrogen) atoms. The number of benzene rings is 2. The van der Waals surface area contributed by atoms with Gasteiger partial charge in [-0.3, -0.25) is 9.59 Å². The maximum atomic E-state index is 12.7. The Labute approximate surface area is 129 Å². The van der Waals surface area contributed by atoms with Crippen LogP contribution >= 0.6 is 0 Å². The number of ether oxygens (including phenoxy) is 1. The first-order valence-electron chi connectivity index (χ1n) is 7.25. The van der Waals surface area contributed by atoms with E-state index in [9.17, 15) is 9.59 Å². The number of amides is 1. The summed E-state index contributed by atoms with van der Waals surface area (Å²) in [7, 11) is 1.60. The summed E-state index contributed by atoms with van der Waals surface area (Å²) in [5, 5.41) is 0. The van der Waals surface area contributed by atoms with Crippen LogP contribution in [0.15, 0.2) is 48.5 Å². The molecule has 0 radical (unpaired) electrons. The zero-order valence-corrected chi connectivity index (χ0v) is 12.4. The molecule has 0 fully saturated rings. The minimum Gasteiger partial charge on any atom is -0.496 e. The third-order valence-electron chi connectivity index (χ3n) is 3.89. The molecule has 0 aliphatic carbocycles. The fourth-order valence-corrected chi connectivity index (χ4v) is 2.78. The Hall–Kier alpha value is -2.62. The number of carbonyl (C=O) groups is 2. The number of nitrogens with zero attached hydrogens (tertiary/aromatic N) is 1.